The molecule has 2 N–H and O–H groups in total. The van der Waals surface area contributed by atoms with Crippen molar-refractivity contribution in [1.82, 2.24) is 4.90 Å². The van der Waals surface area contributed by atoms with Gasteiger partial charge in [-0.15, -0.1) is 0 Å². The lowest BCUT2D eigenvalue weighted by Gasteiger charge is -2.22. The molecule has 1 atom stereocenters. The predicted octanol–water partition coefficient (Wildman–Crippen LogP) is 2.46. The average molecular weight is 304 g/mol. The molecule has 1 aliphatic heterocycles. The molecule has 1 aromatic rings. The Hall–Kier alpha value is -1.55. The average Bonchev–Trinajstić information content (AvgIpc) is 2.90. The Morgan fingerprint density at radius 3 is 2.59 bits per heavy atom. The lowest BCUT2D eigenvalue weighted by Crippen LogP contribution is -2.35. The van der Waals surface area contributed by atoms with E-state index in [0.29, 0.717) is 25.5 Å². The van der Waals surface area contributed by atoms with Gasteiger partial charge in [0.2, 0.25) is 5.91 Å². The molecule has 1 aliphatic rings. The van der Waals surface area contributed by atoms with E-state index in [0.717, 1.165) is 30.8 Å². The molecule has 122 valence electrons. The molecule has 0 bridgehead atoms. The Morgan fingerprint density at radius 1 is 1.36 bits per heavy atom. The molecule has 2 rings (SSSR count). The number of benzene rings is 1. The summed E-state index contributed by atoms with van der Waals surface area (Å²) < 4.78 is 5.66. The minimum Gasteiger partial charge on any atom is -0.493 e. The zero-order valence-corrected chi connectivity index (χ0v) is 14.0. The highest BCUT2D eigenvalue weighted by Crippen LogP contribution is 2.28. The predicted molar refractivity (Wildman–Crippen MR) is 88.8 cm³/mol. The summed E-state index contributed by atoms with van der Waals surface area (Å²) in [6.45, 7) is 9.35. The zero-order valence-electron chi connectivity index (χ0n) is 14.0. The van der Waals surface area contributed by atoms with E-state index in [4.69, 9.17) is 10.5 Å². The fourth-order valence-corrected chi connectivity index (χ4v) is 2.66. The highest BCUT2D eigenvalue weighted by molar-refractivity contribution is 5.79. The maximum absolute atomic E-state index is 12.4. The minimum atomic E-state index is 0.0875. The first-order chi connectivity index (χ1) is 10.4. The van der Waals surface area contributed by atoms with Crippen molar-refractivity contribution in [3.8, 4) is 5.75 Å². The van der Waals surface area contributed by atoms with Gasteiger partial charge in [-0.25, -0.2) is 0 Å². The first-order valence-corrected chi connectivity index (χ1v) is 8.11. The van der Waals surface area contributed by atoms with Gasteiger partial charge in [-0.1, -0.05) is 32.9 Å². The summed E-state index contributed by atoms with van der Waals surface area (Å²) in [5.74, 6) is 1.56. The van der Waals surface area contributed by atoms with Gasteiger partial charge in [-0.05, 0) is 42.0 Å². The summed E-state index contributed by atoms with van der Waals surface area (Å²) >= 11 is 0. The van der Waals surface area contributed by atoms with Gasteiger partial charge in [0, 0.05) is 13.1 Å². The topological polar surface area (TPSA) is 55.6 Å². The van der Waals surface area contributed by atoms with Crippen molar-refractivity contribution >= 4 is 5.91 Å². The first-order valence-electron chi connectivity index (χ1n) is 8.11. The second-order valence-corrected chi connectivity index (χ2v) is 7.11. The van der Waals surface area contributed by atoms with E-state index >= 15 is 0 Å². The molecule has 0 radical (unpaired) electrons. The number of nitrogens with two attached hydrogens (primary N) is 1. The molecule has 0 aliphatic carbocycles. The molecule has 1 heterocycles. The van der Waals surface area contributed by atoms with E-state index in [1.807, 2.05) is 29.2 Å². The van der Waals surface area contributed by atoms with Crippen molar-refractivity contribution in [3.05, 3.63) is 29.8 Å². The van der Waals surface area contributed by atoms with Crippen LogP contribution in [-0.4, -0.2) is 37.0 Å². The first kappa shape index (κ1) is 16.8. The van der Waals surface area contributed by atoms with Crippen LogP contribution in [0.1, 0.15) is 32.8 Å². The smallest absolute Gasteiger partial charge is 0.227 e. The number of hydrogen-bond donors (Lipinski definition) is 1. The van der Waals surface area contributed by atoms with Crippen LogP contribution in [0.4, 0.5) is 0 Å². The van der Waals surface area contributed by atoms with Crippen LogP contribution < -0.4 is 10.5 Å². The highest BCUT2D eigenvalue weighted by Gasteiger charge is 2.34. The highest BCUT2D eigenvalue weighted by atomic mass is 16.5. The molecule has 4 heteroatoms. The Bertz CT molecular complexity index is 498. The molecular weight excluding hydrogens is 276 g/mol. The van der Waals surface area contributed by atoms with Crippen LogP contribution in [0, 0.1) is 11.3 Å². The molecule has 0 saturated carbocycles. The molecular formula is C18H28N2O2. The van der Waals surface area contributed by atoms with E-state index in [2.05, 4.69) is 20.8 Å². The molecule has 1 unspecified atom stereocenters. The number of rotatable bonds is 6. The second kappa shape index (κ2) is 7.14. The van der Waals surface area contributed by atoms with Gasteiger partial charge >= 0.3 is 0 Å². The van der Waals surface area contributed by atoms with Crippen molar-refractivity contribution in [2.45, 2.75) is 33.6 Å². The van der Waals surface area contributed by atoms with Gasteiger partial charge in [0.25, 0.3) is 0 Å². The number of ether oxygens (including phenoxy) is 1. The molecule has 0 spiro atoms. The van der Waals surface area contributed by atoms with Gasteiger partial charge in [0.15, 0.2) is 0 Å². The lowest BCUT2D eigenvalue weighted by molar-refractivity contribution is -0.129. The van der Waals surface area contributed by atoms with Gasteiger partial charge in [-0.3, -0.25) is 4.79 Å². The van der Waals surface area contributed by atoms with E-state index in [1.165, 1.54) is 0 Å². The van der Waals surface area contributed by atoms with Crippen LogP contribution in [0.25, 0.3) is 0 Å². The number of amides is 1. The fourth-order valence-electron chi connectivity index (χ4n) is 2.66. The van der Waals surface area contributed by atoms with Gasteiger partial charge in [0.05, 0.1) is 13.0 Å². The SMILES string of the molecule is CC(C)COc1ccc(CC(=O)N2CCC(C)(CN)C2)cc1. The van der Waals surface area contributed by atoms with Crippen LogP contribution in [-0.2, 0) is 11.2 Å². The van der Waals surface area contributed by atoms with Gasteiger partial charge in [-0.2, -0.15) is 0 Å². The number of carbonyl (C=O) groups excluding carboxylic acids is 1. The zero-order chi connectivity index (χ0) is 16.2. The maximum atomic E-state index is 12.4. The van der Waals surface area contributed by atoms with E-state index in [9.17, 15) is 4.79 Å². The minimum absolute atomic E-state index is 0.0875. The summed E-state index contributed by atoms with van der Waals surface area (Å²) in [6, 6.07) is 7.84. The van der Waals surface area contributed by atoms with Gasteiger partial charge < -0.3 is 15.4 Å². The summed E-state index contributed by atoms with van der Waals surface area (Å²) in [5.41, 5.74) is 6.92. The van der Waals surface area contributed by atoms with Crippen molar-refractivity contribution in [1.29, 1.82) is 0 Å². The molecule has 0 aromatic heterocycles. The van der Waals surface area contributed by atoms with Crippen LogP contribution in [0.5, 0.6) is 5.75 Å². The Kier molecular flexibility index (Phi) is 5.46. The third kappa shape index (κ3) is 4.47. The normalized spacial score (nSPS) is 21.4. The standard InChI is InChI=1S/C18H28N2O2/c1-14(2)11-22-16-6-4-15(5-7-16)10-17(21)20-9-8-18(3,12-19)13-20/h4-7,14H,8-13,19H2,1-3H3. The summed E-state index contributed by atoms with van der Waals surface area (Å²) in [4.78, 5) is 14.3. The van der Waals surface area contributed by atoms with Crippen molar-refractivity contribution in [2.24, 2.45) is 17.1 Å². The monoisotopic (exact) mass is 304 g/mol. The summed E-state index contributed by atoms with van der Waals surface area (Å²) in [5, 5.41) is 0. The maximum Gasteiger partial charge on any atom is 0.227 e. The van der Waals surface area contributed by atoms with Crippen LogP contribution >= 0.6 is 0 Å². The molecule has 22 heavy (non-hydrogen) atoms. The lowest BCUT2D eigenvalue weighted by atomic mass is 9.90. The van der Waals surface area contributed by atoms with E-state index in [-0.39, 0.29) is 11.3 Å². The molecule has 1 aromatic carbocycles. The van der Waals surface area contributed by atoms with E-state index < -0.39 is 0 Å². The summed E-state index contributed by atoms with van der Waals surface area (Å²) in [6.07, 6.45) is 1.45. The third-order valence-electron chi connectivity index (χ3n) is 4.27. The fraction of sp³-hybridized carbons (Fsp3) is 0.611. The van der Waals surface area contributed by atoms with E-state index in [1.54, 1.807) is 0 Å². The molecule has 1 amide bonds. The van der Waals surface area contributed by atoms with Crippen molar-refractivity contribution < 1.29 is 9.53 Å². The number of hydrogen-bond acceptors (Lipinski definition) is 3. The molecule has 4 nitrogen and oxygen atoms in total. The number of carbonyl (C=O) groups is 1. The van der Waals surface area contributed by atoms with Gasteiger partial charge in [0.1, 0.15) is 5.75 Å². The van der Waals surface area contributed by atoms with Crippen molar-refractivity contribution in [2.75, 3.05) is 26.2 Å². The largest absolute Gasteiger partial charge is 0.493 e. The van der Waals surface area contributed by atoms with Crippen molar-refractivity contribution in [3.63, 3.8) is 0 Å². The number of likely N-dealkylation sites (tertiary alicyclic amines) is 1. The number of nitrogens with zero attached hydrogens (tertiary/aromatic N) is 1. The summed E-state index contributed by atoms with van der Waals surface area (Å²) in [7, 11) is 0. The molecule has 1 saturated heterocycles. The Labute approximate surface area is 133 Å². The third-order valence-corrected chi connectivity index (χ3v) is 4.27. The van der Waals surface area contributed by atoms with Crippen LogP contribution in [0.15, 0.2) is 24.3 Å². The second-order valence-electron chi connectivity index (χ2n) is 7.11. The van der Waals surface area contributed by atoms with Crippen LogP contribution in [0.3, 0.4) is 0 Å². The van der Waals surface area contributed by atoms with Crippen LogP contribution in [0.2, 0.25) is 0 Å². The molecule has 1 fully saturated rings. The Balaban J connectivity index is 1.87. The Morgan fingerprint density at radius 2 is 2.05 bits per heavy atom. The quantitative estimate of drug-likeness (QED) is 0.878.